The van der Waals surface area contributed by atoms with Gasteiger partial charge < -0.3 is 4.90 Å². The van der Waals surface area contributed by atoms with Gasteiger partial charge in [0.05, 0.1) is 5.75 Å². The van der Waals surface area contributed by atoms with Gasteiger partial charge >= 0.3 is 0 Å². The van der Waals surface area contributed by atoms with Gasteiger partial charge in [-0.05, 0) is 30.5 Å². The predicted octanol–water partition coefficient (Wildman–Crippen LogP) is 2.68. The lowest BCUT2D eigenvalue weighted by atomic mass is 10.2. The molecule has 0 radical (unpaired) electrons. The highest BCUT2D eigenvalue weighted by Gasteiger charge is 2.17. The monoisotopic (exact) mass is 253 g/mol. The van der Waals surface area contributed by atoms with E-state index in [9.17, 15) is 9.18 Å². The maximum atomic E-state index is 12.7. The Bertz CT molecular complexity index is 374. The van der Waals surface area contributed by atoms with E-state index in [4.69, 9.17) is 0 Å². The molecule has 92 valence electrons. The van der Waals surface area contributed by atoms with E-state index in [0.29, 0.717) is 5.75 Å². The molecular formula is C13H16FNOS. The van der Waals surface area contributed by atoms with Gasteiger partial charge in [-0.2, -0.15) is 0 Å². The van der Waals surface area contributed by atoms with E-state index in [-0.39, 0.29) is 11.7 Å². The van der Waals surface area contributed by atoms with Crippen molar-refractivity contribution in [3.8, 4) is 0 Å². The van der Waals surface area contributed by atoms with Crippen molar-refractivity contribution in [3.05, 3.63) is 35.6 Å². The average Bonchev–Trinajstić information content (AvgIpc) is 2.85. The number of amides is 1. The van der Waals surface area contributed by atoms with E-state index in [1.54, 1.807) is 23.9 Å². The number of likely N-dealkylation sites (tertiary alicyclic amines) is 1. The average molecular weight is 253 g/mol. The summed E-state index contributed by atoms with van der Waals surface area (Å²) >= 11 is 1.59. The molecule has 4 heteroatoms. The van der Waals surface area contributed by atoms with Gasteiger partial charge in [-0.15, -0.1) is 11.8 Å². The second-order valence-corrected chi connectivity index (χ2v) is 5.19. The Morgan fingerprint density at radius 1 is 1.24 bits per heavy atom. The first-order valence-corrected chi connectivity index (χ1v) is 7.01. The SMILES string of the molecule is O=C(CSCc1ccc(F)cc1)N1CCCC1. The number of thioether (sulfide) groups is 1. The van der Waals surface area contributed by atoms with Gasteiger partial charge in [0.1, 0.15) is 5.82 Å². The van der Waals surface area contributed by atoms with E-state index in [0.717, 1.165) is 37.2 Å². The van der Waals surface area contributed by atoms with Gasteiger partial charge in [0.15, 0.2) is 0 Å². The smallest absolute Gasteiger partial charge is 0.232 e. The summed E-state index contributed by atoms with van der Waals surface area (Å²) in [5.74, 6) is 1.30. The van der Waals surface area contributed by atoms with E-state index in [1.807, 2.05) is 4.90 Å². The van der Waals surface area contributed by atoms with Gasteiger partial charge in [-0.1, -0.05) is 12.1 Å². The van der Waals surface area contributed by atoms with Crippen LogP contribution in [0.3, 0.4) is 0 Å². The summed E-state index contributed by atoms with van der Waals surface area (Å²) < 4.78 is 12.7. The van der Waals surface area contributed by atoms with Crippen molar-refractivity contribution >= 4 is 17.7 Å². The molecule has 0 saturated carbocycles. The highest BCUT2D eigenvalue weighted by atomic mass is 32.2. The van der Waals surface area contributed by atoms with Crippen molar-refractivity contribution in [2.75, 3.05) is 18.8 Å². The Hall–Kier alpha value is -1.03. The third-order valence-corrected chi connectivity index (χ3v) is 3.85. The van der Waals surface area contributed by atoms with Crippen LogP contribution in [0.1, 0.15) is 18.4 Å². The lowest BCUT2D eigenvalue weighted by molar-refractivity contribution is -0.127. The second-order valence-electron chi connectivity index (χ2n) is 4.21. The molecule has 1 aliphatic heterocycles. The standard InChI is InChI=1S/C13H16FNOS/c14-12-5-3-11(4-6-12)9-17-10-13(16)15-7-1-2-8-15/h3-6H,1-2,7-10H2. The molecule has 0 bridgehead atoms. The lowest BCUT2D eigenvalue weighted by Gasteiger charge is -2.14. The third kappa shape index (κ3) is 3.73. The molecule has 1 aromatic rings. The van der Waals surface area contributed by atoms with Crippen molar-refractivity contribution in [2.45, 2.75) is 18.6 Å². The number of nitrogens with zero attached hydrogens (tertiary/aromatic N) is 1. The Balaban J connectivity index is 1.72. The normalized spacial score (nSPS) is 15.2. The molecule has 1 aliphatic rings. The molecule has 1 heterocycles. The van der Waals surface area contributed by atoms with E-state index >= 15 is 0 Å². The number of benzene rings is 1. The highest BCUT2D eigenvalue weighted by Crippen LogP contribution is 2.15. The summed E-state index contributed by atoms with van der Waals surface area (Å²) in [5, 5.41) is 0. The molecule has 0 aromatic heterocycles. The molecule has 17 heavy (non-hydrogen) atoms. The molecule has 0 spiro atoms. The van der Waals surface area contributed by atoms with Crippen LogP contribution in [0.5, 0.6) is 0 Å². The van der Waals surface area contributed by atoms with Crippen LogP contribution in [0.15, 0.2) is 24.3 Å². The number of rotatable bonds is 4. The van der Waals surface area contributed by atoms with Crippen LogP contribution in [-0.4, -0.2) is 29.6 Å². The van der Waals surface area contributed by atoms with Crippen molar-refractivity contribution < 1.29 is 9.18 Å². The van der Waals surface area contributed by atoms with Crippen LogP contribution < -0.4 is 0 Å². The van der Waals surface area contributed by atoms with Crippen LogP contribution in [0.25, 0.3) is 0 Å². The molecule has 1 fully saturated rings. The minimum Gasteiger partial charge on any atom is -0.342 e. The summed E-state index contributed by atoms with van der Waals surface area (Å²) in [6.07, 6.45) is 2.27. The van der Waals surface area contributed by atoms with E-state index < -0.39 is 0 Å². The zero-order valence-corrected chi connectivity index (χ0v) is 10.5. The van der Waals surface area contributed by atoms with E-state index in [1.165, 1.54) is 12.1 Å². The topological polar surface area (TPSA) is 20.3 Å². The molecular weight excluding hydrogens is 237 g/mol. The van der Waals surface area contributed by atoms with Crippen LogP contribution in [-0.2, 0) is 10.5 Å². The lowest BCUT2D eigenvalue weighted by Crippen LogP contribution is -2.29. The first-order valence-electron chi connectivity index (χ1n) is 5.85. The van der Waals surface area contributed by atoms with Gasteiger partial charge in [-0.25, -0.2) is 4.39 Å². The van der Waals surface area contributed by atoms with Crippen molar-refractivity contribution in [1.82, 2.24) is 4.90 Å². The van der Waals surface area contributed by atoms with Crippen LogP contribution in [0.2, 0.25) is 0 Å². The van der Waals surface area contributed by atoms with Crippen molar-refractivity contribution in [1.29, 1.82) is 0 Å². The van der Waals surface area contributed by atoms with Gasteiger partial charge in [0.2, 0.25) is 5.91 Å². The summed E-state index contributed by atoms with van der Waals surface area (Å²) in [7, 11) is 0. The van der Waals surface area contributed by atoms with Gasteiger partial charge in [-0.3, -0.25) is 4.79 Å². The minimum absolute atomic E-state index is 0.216. The quantitative estimate of drug-likeness (QED) is 0.822. The maximum Gasteiger partial charge on any atom is 0.232 e. The first-order chi connectivity index (χ1) is 8.25. The third-order valence-electron chi connectivity index (χ3n) is 2.87. The number of carbonyl (C=O) groups is 1. The maximum absolute atomic E-state index is 12.7. The Morgan fingerprint density at radius 3 is 2.53 bits per heavy atom. The second kappa shape index (κ2) is 6.05. The predicted molar refractivity (Wildman–Crippen MR) is 68.4 cm³/mol. The number of hydrogen-bond donors (Lipinski definition) is 0. The zero-order chi connectivity index (χ0) is 12.1. The number of carbonyl (C=O) groups excluding carboxylic acids is 1. The minimum atomic E-state index is -0.216. The fraction of sp³-hybridized carbons (Fsp3) is 0.462. The van der Waals surface area contributed by atoms with Crippen molar-refractivity contribution in [3.63, 3.8) is 0 Å². The Labute approximate surface area is 105 Å². The zero-order valence-electron chi connectivity index (χ0n) is 9.69. The molecule has 2 nitrogen and oxygen atoms in total. The fourth-order valence-corrected chi connectivity index (χ4v) is 2.78. The van der Waals surface area contributed by atoms with Gasteiger partial charge in [0.25, 0.3) is 0 Å². The molecule has 0 N–H and O–H groups in total. The summed E-state index contributed by atoms with van der Waals surface area (Å²) in [4.78, 5) is 13.7. The molecule has 0 aliphatic carbocycles. The fourth-order valence-electron chi connectivity index (χ4n) is 1.89. The molecule has 0 unspecified atom stereocenters. The van der Waals surface area contributed by atoms with Gasteiger partial charge in [0, 0.05) is 18.8 Å². The molecule has 1 aromatic carbocycles. The molecule has 2 rings (SSSR count). The van der Waals surface area contributed by atoms with E-state index in [2.05, 4.69) is 0 Å². The van der Waals surface area contributed by atoms with Crippen LogP contribution in [0.4, 0.5) is 4.39 Å². The molecule has 0 atom stereocenters. The summed E-state index contributed by atoms with van der Waals surface area (Å²) in [6.45, 7) is 1.83. The molecule has 1 saturated heterocycles. The van der Waals surface area contributed by atoms with Crippen LogP contribution >= 0.6 is 11.8 Å². The first kappa shape index (κ1) is 12.4. The highest BCUT2D eigenvalue weighted by molar-refractivity contribution is 7.99. The Kier molecular flexibility index (Phi) is 4.42. The summed E-state index contributed by atoms with van der Waals surface area (Å²) in [6, 6.07) is 6.45. The number of halogens is 1. The Morgan fingerprint density at radius 2 is 1.88 bits per heavy atom. The largest absolute Gasteiger partial charge is 0.342 e. The number of hydrogen-bond acceptors (Lipinski definition) is 2. The molecule has 1 amide bonds. The van der Waals surface area contributed by atoms with Crippen molar-refractivity contribution in [2.24, 2.45) is 0 Å². The summed E-state index contributed by atoms with van der Waals surface area (Å²) in [5.41, 5.74) is 1.06. The van der Waals surface area contributed by atoms with Crippen LogP contribution in [0, 0.1) is 5.82 Å².